The summed E-state index contributed by atoms with van der Waals surface area (Å²) >= 11 is 0. The van der Waals surface area contributed by atoms with Crippen molar-refractivity contribution in [2.75, 3.05) is 20.3 Å². The van der Waals surface area contributed by atoms with E-state index in [9.17, 15) is 0 Å². The molecule has 4 heteroatoms. The molecule has 0 bridgehead atoms. The molecule has 4 nitrogen and oxygen atoms in total. The minimum absolute atomic E-state index is 0.754. The predicted molar refractivity (Wildman–Crippen MR) is 74.7 cm³/mol. The fourth-order valence-electron chi connectivity index (χ4n) is 2.05. The monoisotopic (exact) mass is 253 g/mol. The van der Waals surface area contributed by atoms with Gasteiger partial charge in [0.1, 0.15) is 5.82 Å². The van der Waals surface area contributed by atoms with Gasteiger partial charge in [-0.25, -0.2) is 4.98 Å². The Morgan fingerprint density at radius 1 is 1.33 bits per heavy atom. The van der Waals surface area contributed by atoms with E-state index < -0.39 is 0 Å². The van der Waals surface area contributed by atoms with E-state index in [1.807, 2.05) is 6.20 Å². The Kier molecular flexibility index (Phi) is 7.69. The summed E-state index contributed by atoms with van der Waals surface area (Å²) < 4.78 is 7.35. The third kappa shape index (κ3) is 5.19. The van der Waals surface area contributed by atoms with Gasteiger partial charge in [0.25, 0.3) is 0 Å². The van der Waals surface area contributed by atoms with Gasteiger partial charge in [0.15, 0.2) is 0 Å². The molecule has 0 amide bonds. The number of nitrogens with one attached hydrogen (secondary N) is 1. The molecule has 1 rings (SSSR count). The van der Waals surface area contributed by atoms with E-state index in [0.717, 1.165) is 32.1 Å². The molecule has 0 aliphatic rings. The number of aryl methyl sites for hydroxylation is 1. The summed E-state index contributed by atoms with van der Waals surface area (Å²) in [5, 5.41) is 3.37. The van der Waals surface area contributed by atoms with Crippen LogP contribution in [0.25, 0.3) is 0 Å². The zero-order valence-corrected chi connectivity index (χ0v) is 12.0. The number of aromatic nitrogens is 2. The minimum atomic E-state index is 0.754. The van der Waals surface area contributed by atoms with Crippen LogP contribution in [0.2, 0.25) is 0 Å². The molecule has 0 saturated heterocycles. The molecule has 0 aliphatic carbocycles. The maximum Gasteiger partial charge on any atom is 0.105 e. The van der Waals surface area contributed by atoms with Crippen LogP contribution in [0.1, 0.15) is 44.1 Å². The van der Waals surface area contributed by atoms with Gasteiger partial charge in [-0.2, -0.15) is 0 Å². The first kappa shape index (κ1) is 15.2. The van der Waals surface area contributed by atoms with Gasteiger partial charge in [-0.05, 0) is 13.3 Å². The first-order valence-electron chi connectivity index (χ1n) is 7.00. The zero-order valence-electron chi connectivity index (χ0n) is 12.0. The van der Waals surface area contributed by atoms with Crippen LogP contribution in [0.3, 0.4) is 0 Å². The molecular formula is C14H27N3O. The molecule has 0 unspecified atom stereocenters. The van der Waals surface area contributed by atoms with Crippen LogP contribution >= 0.6 is 0 Å². The van der Waals surface area contributed by atoms with Crippen molar-refractivity contribution in [3.63, 3.8) is 0 Å². The van der Waals surface area contributed by atoms with Gasteiger partial charge in [0, 0.05) is 32.9 Å². The Morgan fingerprint density at radius 3 is 2.89 bits per heavy atom. The third-order valence-corrected chi connectivity index (χ3v) is 3.16. The topological polar surface area (TPSA) is 39.1 Å². The van der Waals surface area contributed by atoms with Gasteiger partial charge in [-0.3, -0.25) is 0 Å². The third-order valence-electron chi connectivity index (χ3n) is 3.16. The van der Waals surface area contributed by atoms with Crippen molar-refractivity contribution in [3.8, 4) is 0 Å². The predicted octanol–water partition coefficient (Wildman–Crippen LogP) is 2.51. The second kappa shape index (κ2) is 9.11. The molecule has 0 atom stereocenters. The lowest BCUT2D eigenvalue weighted by atomic mass is 10.2. The fourth-order valence-corrected chi connectivity index (χ4v) is 2.05. The molecular weight excluding hydrogens is 226 g/mol. The largest absolute Gasteiger partial charge is 0.383 e. The van der Waals surface area contributed by atoms with Crippen LogP contribution in [-0.4, -0.2) is 29.8 Å². The number of unbranched alkanes of at least 4 members (excludes halogenated alkanes) is 3. The van der Waals surface area contributed by atoms with Crippen LogP contribution in [0.15, 0.2) is 6.20 Å². The summed E-state index contributed by atoms with van der Waals surface area (Å²) in [5.74, 6) is 1.12. The summed E-state index contributed by atoms with van der Waals surface area (Å²) in [4.78, 5) is 4.41. The Labute approximate surface area is 111 Å². The van der Waals surface area contributed by atoms with E-state index in [2.05, 4.69) is 28.7 Å². The van der Waals surface area contributed by atoms with Crippen LogP contribution in [0.5, 0.6) is 0 Å². The summed E-state index contributed by atoms with van der Waals surface area (Å²) in [6.07, 6.45) is 7.15. The molecule has 0 fully saturated rings. The smallest absolute Gasteiger partial charge is 0.105 e. The summed E-state index contributed by atoms with van der Waals surface area (Å²) in [6, 6.07) is 0. The van der Waals surface area contributed by atoms with Gasteiger partial charge in [-0.15, -0.1) is 0 Å². The summed E-state index contributed by atoms with van der Waals surface area (Å²) in [5.41, 5.74) is 1.28. The molecule has 0 saturated carbocycles. The molecule has 1 heterocycles. The normalized spacial score (nSPS) is 11.1. The van der Waals surface area contributed by atoms with Crippen molar-refractivity contribution in [1.82, 2.24) is 14.9 Å². The SMILES string of the molecule is CCCCCCn1c(CNCCOC)cnc1C. The molecule has 0 aliphatic heterocycles. The standard InChI is InChI=1S/C14H27N3O/c1-4-5-6-7-9-17-13(2)16-12-14(17)11-15-8-10-18-3/h12,15H,4-11H2,1-3H3. The number of hydrogen-bond donors (Lipinski definition) is 1. The zero-order chi connectivity index (χ0) is 13.2. The summed E-state index contributed by atoms with van der Waals surface area (Å²) in [6.45, 7) is 7.93. The Hall–Kier alpha value is -0.870. The van der Waals surface area contributed by atoms with Crippen molar-refractivity contribution in [2.45, 2.75) is 52.6 Å². The number of imidazole rings is 1. The highest BCUT2D eigenvalue weighted by atomic mass is 16.5. The van der Waals surface area contributed by atoms with E-state index in [0.29, 0.717) is 0 Å². The highest BCUT2D eigenvalue weighted by Crippen LogP contribution is 2.08. The van der Waals surface area contributed by atoms with Crippen molar-refractivity contribution < 1.29 is 4.74 Å². The Morgan fingerprint density at radius 2 is 2.17 bits per heavy atom. The van der Waals surface area contributed by atoms with Crippen molar-refractivity contribution in [2.24, 2.45) is 0 Å². The molecule has 1 aromatic rings. The number of methoxy groups -OCH3 is 1. The fraction of sp³-hybridized carbons (Fsp3) is 0.786. The van der Waals surface area contributed by atoms with Crippen LogP contribution in [0, 0.1) is 6.92 Å². The molecule has 1 N–H and O–H groups in total. The number of nitrogens with zero attached hydrogens (tertiary/aromatic N) is 2. The second-order valence-corrected chi connectivity index (χ2v) is 4.68. The van der Waals surface area contributed by atoms with Gasteiger partial charge in [0.2, 0.25) is 0 Å². The molecule has 0 radical (unpaired) electrons. The second-order valence-electron chi connectivity index (χ2n) is 4.68. The van der Waals surface area contributed by atoms with Crippen LogP contribution < -0.4 is 5.32 Å². The Bertz CT molecular complexity index is 323. The van der Waals surface area contributed by atoms with E-state index in [4.69, 9.17) is 4.74 Å². The van der Waals surface area contributed by atoms with Crippen molar-refractivity contribution >= 4 is 0 Å². The number of ether oxygens (including phenoxy) is 1. The van der Waals surface area contributed by atoms with Gasteiger partial charge in [0.05, 0.1) is 12.3 Å². The first-order valence-corrected chi connectivity index (χ1v) is 7.00. The minimum Gasteiger partial charge on any atom is -0.383 e. The first-order chi connectivity index (χ1) is 8.79. The average molecular weight is 253 g/mol. The van der Waals surface area contributed by atoms with E-state index >= 15 is 0 Å². The lowest BCUT2D eigenvalue weighted by Crippen LogP contribution is -2.20. The molecule has 1 aromatic heterocycles. The van der Waals surface area contributed by atoms with E-state index in [-0.39, 0.29) is 0 Å². The number of rotatable bonds is 10. The van der Waals surface area contributed by atoms with Crippen molar-refractivity contribution in [1.29, 1.82) is 0 Å². The summed E-state index contributed by atoms with van der Waals surface area (Å²) in [7, 11) is 1.73. The molecule has 0 aromatic carbocycles. The van der Waals surface area contributed by atoms with Crippen molar-refractivity contribution in [3.05, 3.63) is 17.7 Å². The highest BCUT2D eigenvalue weighted by Gasteiger charge is 2.05. The van der Waals surface area contributed by atoms with Gasteiger partial charge < -0.3 is 14.6 Å². The van der Waals surface area contributed by atoms with Gasteiger partial charge in [-0.1, -0.05) is 26.2 Å². The quantitative estimate of drug-likeness (QED) is 0.651. The van der Waals surface area contributed by atoms with Crippen LogP contribution in [-0.2, 0) is 17.8 Å². The maximum absolute atomic E-state index is 5.02. The van der Waals surface area contributed by atoms with E-state index in [1.165, 1.54) is 31.4 Å². The van der Waals surface area contributed by atoms with Gasteiger partial charge >= 0.3 is 0 Å². The molecule has 0 spiro atoms. The Balaban J connectivity index is 2.37. The van der Waals surface area contributed by atoms with Crippen LogP contribution in [0.4, 0.5) is 0 Å². The molecule has 104 valence electrons. The van der Waals surface area contributed by atoms with E-state index in [1.54, 1.807) is 7.11 Å². The highest BCUT2D eigenvalue weighted by molar-refractivity contribution is 5.04. The lowest BCUT2D eigenvalue weighted by Gasteiger charge is -2.11. The molecule has 18 heavy (non-hydrogen) atoms. The maximum atomic E-state index is 5.02. The average Bonchev–Trinajstić information content (AvgIpc) is 2.72. The lowest BCUT2D eigenvalue weighted by molar-refractivity contribution is 0.199. The number of hydrogen-bond acceptors (Lipinski definition) is 3.